The van der Waals surface area contributed by atoms with Crippen LogP contribution in [0.15, 0.2) is 0 Å². The van der Waals surface area contributed by atoms with Crippen molar-refractivity contribution in [1.82, 2.24) is 79.8 Å². The number of nitrogens with two attached hydrogens (primary N) is 9. The first-order chi connectivity index (χ1) is 64.8. The Morgan fingerprint density at radius 3 is 0.590 bits per heavy atom. The molecule has 0 aliphatic rings. The van der Waals surface area contributed by atoms with Crippen LogP contribution >= 0.6 is 0 Å². The number of carboxylic acid groups (broad SMARTS) is 6. The molecule has 0 heterocycles. The lowest BCUT2D eigenvalue weighted by Crippen LogP contribution is -2.61. The maximum absolute atomic E-state index is 14.6. The molecule has 782 valence electrons. The van der Waals surface area contributed by atoms with Gasteiger partial charge in [0.05, 0.1) is 25.3 Å². The Balaban J connectivity index is 7.68. The molecule has 0 saturated carbocycles. The minimum atomic E-state index is -2.22. The first-order valence-corrected chi connectivity index (χ1v) is 44.5. The van der Waals surface area contributed by atoms with Gasteiger partial charge in [0.15, 0.2) is 0 Å². The zero-order valence-corrected chi connectivity index (χ0v) is 78.1. The van der Waals surface area contributed by atoms with Crippen LogP contribution in [0, 0.1) is 17.8 Å². The van der Waals surface area contributed by atoms with E-state index in [0.29, 0.717) is 6.42 Å². The summed E-state index contributed by atoms with van der Waals surface area (Å²) in [6.45, 7) is 9.63. The van der Waals surface area contributed by atoms with Gasteiger partial charge >= 0.3 is 35.8 Å². The molecule has 16 atom stereocenters. The fourth-order valence-electron chi connectivity index (χ4n) is 13.2. The fraction of sp³-hybridized carbons (Fsp3) is 0.671. The van der Waals surface area contributed by atoms with Gasteiger partial charge in [-0.1, -0.05) is 41.5 Å². The predicted molar refractivity (Wildman–Crippen MR) is 480 cm³/mol. The summed E-state index contributed by atoms with van der Waals surface area (Å²) in [5.74, 6) is -37.3. The summed E-state index contributed by atoms with van der Waals surface area (Å²) in [5.41, 5.74) is 49.1. The van der Waals surface area contributed by atoms with Gasteiger partial charge < -0.3 is 162 Å². The van der Waals surface area contributed by atoms with E-state index in [1.807, 2.05) is 0 Å². The van der Waals surface area contributed by atoms with Gasteiger partial charge in [0.25, 0.3) is 0 Å². The van der Waals surface area contributed by atoms with E-state index in [9.17, 15) is 160 Å². The molecule has 39 N–H and O–H groups in total. The molecule has 57 nitrogen and oxygen atoms in total. The Morgan fingerprint density at radius 1 is 0.201 bits per heavy atom. The summed E-state index contributed by atoms with van der Waals surface area (Å²) in [4.78, 5) is 358. The Labute approximate surface area is 797 Å². The Hall–Kier alpha value is -14.4. The molecule has 0 radical (unpaired) electrons. The number of hydrogen-bond acceptors (Lipinski definition) is 30. The van der Waals surface area contributed by atoms with Crippen molar-refractivity contribution in [2.75, 3.05) is 13.1 Å². The summed E-state index contributed by atoms with van der Waals surface area (Å²) in [5, 5.41) is 92.4. The first-order valence-electron chi connectivity index (χ1n) is 44.5. The van der Waals surface area contributed by atoms with Gasteiger partial charge in [-0.05, 0) is 140 Å². The number of amides is 21. The van der Waals surface area contributed by atoms with E-state index in [1.54, 1.807) is 41.5 Å². The van der Waals surface area contributed by atoms with Crippen LogP contribution in [-0.2, 0) is 129 Å². The van der Waals surface area contributed by atoms with E-state index in [1.165, 1.54) is 0 Å². The molecule has 0 bridgehead atoms. The highest BCUT2D eigenvalue weighted by Gasteiger charge is 2.41. The highest BCUT2D eigenvalue weighted by atomic mass is 16.4. The van der Waals surface area contributed by atoms with E-state index in [4.69, 9.17) is 51.6 Å². The number of carbonyl (C=O) groups excluding carboxylic acids is 21. The van der Waals surface area contributed by atoms with Crippen LogP contribution in [0.3, 0.4) is 0 Å². The Morgan fingerprint density at radius 2 is 0.381 bits per heavy atom. The van der Waals surface area contributed by atoms with Crippen molar-refractivity contribution in [3.05, 3.63) is 0 Å². The fourth-order valence-corrected chi connectivity index (χ4v) is 13.2. The summed E-state index contributed by atoms with van der Waals surface area (Å²) >= 11 is 0. The molecule has 0 spiro atoms. The van der Waals surface area contributed by atoms with Gasteiger partial charge in [0, 0.05) is 51.4 Å². The van der Waals surface area contributed by atoms with E-state index >= 15 is 0 Å². The van der Waals surface area contributed by atoms with Gasteiger partial charge in [-0.15, -0.1) is 0 Å². The average molecular weight is 1990 g/mol. The van der Waals surface area contributed by atoms with Crippen molar-refractivity contribution in [1.29, 1.82) is 0 Å². The van der Waals surface area contributed by atoms with Crippen LogP contribution < -0.4 is 131 Å². The number of carbonyl (C=O) groups is 27. The van der Waals surface area contributed by atoms with E-state index in [0.717, 1.165) is 0 Å². The smallest absolute Gasteiger partial charge is 0.326 e. The maximum Gasteiger partial charge on any atom is 0.326 e. The van der Waals surface area contributed by atoms with E-state index < -0.39 is 396 Å². The lowest BCUT2D eigenvalue weighted by molar-refractivity contribution is -0.144. The zero-order chi connectivity index (χ0) is 106. The van der Waals surface area contributed by atoms with Gasteiger partial charge in [-0.25, -0.2) is 4.79 Å². The van der Waals surface area contributed by atoms with Crippen LogP contribution in [0.5, 0.6) is 0 Å². The molecule has 0 unspecified atom stereocenters. The van der Waals surface area contributed by atoms with Crippen molar-refractivity contribution >= 4 is 160 Å². The van der Waals surface area contributed by atoms with Crippen LogP contribution in [0.25, 0.3) is 0 Å². The monoisotopic (exact) mass is 1980 g/mol. The molecule has 139 heavy (non-hydrogen) atoms. The summed E-state index contributed by atoms with van der Waals surface area (Å²) in [6, 6.07) is -30.1. The molecule has 0 aliphatic heterocycles. The second-order valence-electron chi connectivity index (χ2n) is 34.0. The number of hydrogen-bond donors (Lipinski definition) is 30. The predicted octanol–water partition coefficient (Wildman–Crippen LogP) is -11.2. The molecule has 0 saturated heterocycles. The number of rotatable bonds is 75. The number of nitrogens with one attached hydrogen (secondary N) is 15. The molecule has 0 aliphatic carbocycles. The SMILES string of the molecule is CC(C)C[C@H](NC(=O)[C@H](CCC(=O)O)NC(=O)[C@H](CC(C)C)NC(=O)[C@H](CC(C)C)NC(=O)[C@H](CCC(=O)O)NC(=O)[C@H](CCC(N)=O)NC(=O)[C@H](CCC(=O)O)NC(=O)[C@H](CC(N)=O)NC(=O)[C@H](CCCCN)NC(=O)[C@H](CCC(=O)O)NC(=O)[C@H](CCC(N)=O)NC(=O)[C@H](CCC(N)=O)NC(=O)[C@H](CC(N)=O)NC(=O)[C@@H](N)CCC(N)=O)C(=O)N[C@@H](CC(=O)O)C(=O)N[C@@H](CCCCN)C(=O)O. The van der Waals surface area contributed by atoms with Crippen molar-refractivity contribution in [3.8, 4) is 0 Å². The number of unbranched alkanes of at least 4 members (excludes halogenated alkanes) is 2. The van der Waals surface area contributed by atoms with Crippen molar-refractivity contribution in [3.63, 3.8) is 0 Å². The molecule has 0 fully saturated rings. The average Bonchev–Trinajstić information content (AvgIpc) is 0.868. The van der Waals surface area contributed by atoms with Gasteiger partial charge in [0.1, 0.15) is 90.6 Å². The Kier molecular flexibility index (Phi) is 58.5. The lowest BCUT2D eigenvalue weighted by atomic mass is 9.98. The summed E-state index contributed by atoms with van der Waals surface area (Å²) < 4.78 is 0. The normalized spacial score (nSPS) is 14.5. The van der Waals surface area contributed by atoms with Crippen LogP contribution in [0.4, 0.5) is 0 Å². The zero-order valence-electron chi connectivity index (χ0n) is 78.1. The quantitative estimate of drug-likeness (QED) is 0.0251. The minimum absolute atomic E-state index is 0.0604. The second kappa shape index (κ2) is 65.3. The van der Waals surface area contributed by atoms with Gasteiger partial charge in [0.2, 0.25) is 124 Å². The van der Waals surface area contributed by atoms with Crippen molar-refractivity contribution in [2.45, 2.75) is 318 Å². The van der Waals surface area contributed by atoms with Crippen LogP contribution in [-0.4, -0.2) is 300 Å². The molecule has 0 aromatic rings. The third-order valence-electron chi connectivity index (χ3n) is 20.3. The van der Waals surface area contributed by atoms with Crippen molar-refractivity contribution < 1.29 is 160 Å². The van der Waals surface area contributed by atoms with Crippen LogP contribution in [0.1, 0.15) is 221 Å². The Bertz CT molecular complexity index is 4330. The third kappa shape index (κ3) is 54.2. The summed E-state index contributed by atoms with van der Waals surface area (Å²) in [6.07, 6.45) is -16.1. The molecule has 21 amide bonds. The lowest BCUT2D eigenvalue weighted by Gasteiger charge is -2.29. The van der Waals surface area contributed by atoms with Gasteiger partial charge in [-0.3, -0.25) is 125 Å². The highest BCUT2D eigenvalue weighted by molar-refractivity contribution is 6.03. The summed E-state index contributed by atoms with van der Waals surface area (Å²) in [7, 11) is 0. The van der Waals surface area contributed by atoms with E-state index in [2.05, 4.69) is 79.8 Å². The second-order valence-corrected chi connectivity index (χ2v) is 34.0. The molecule has 0 rings (SSSR count). The van der Waals surface area contributed by atoms with Crippen LogP contribution in [0.2, 0.25) is 0 Å². The van der Waals surface area contributed by atoms with Crippen molar-refractivity contribution in [2.24, 2.45) is 69.4 Å². The molecular weight excluding hydrogens is 1850 g/mol. The standard InChI is InChI=1S/C82H136N24O33/c1-37(2)31-50(76(132)98-48(20-28-65(119)120)75(131)103-52(33-39(5)6)78(134)106-55(36-66(121)122)81(137)100-49(82(138)139)12-8-10-30-84)104-77(133)51(32-38(3)4)102-74(130)47(19-27-64(117)118)96-70(126)43(15-23-58(88)109)94-73(129)46(18-26-63(115)116)99-80(136)54(35-61(91)112)105-68(124)41(11-7-9-29-83)92-72(128)45(17-25-62(113)114)95-69(125)42(14-22-57(87)108)93-71(127)44(16-24-59(89)110)97-79(135)53(34-60(90)111)101-67(123)40(85)13-21-56(86)107/h37-55H,7-36,83-85H2,1-6H3,(H2,86,107)(H2,87,108)(H2,88,109)(H2,89,110)(H2,90,111)(H2,91,112)(H,92,128)(H,93,127)(H,94,129)(H,95,125)(H,96,126)(H,97,135)(H,98,132)(H,99,136)(H,100,137)(H,101,123)(H,102,130)(H,103,131)(H,104,133)(H,105,124)(H,106,134)(H,113,114)(H,115,116)(H,117,118)(H,119,120)(H,121,122)(H,138,139)/t40-,41-,42-,43-,44-,45-,46-,47-,48-,49-,50-,51-,52-,53-,54-,55-/m0/s1. The van der Waals surface area contributed by atoms with Gasteiger partial charge in [-0.2, -0.15) is 0 Å². The molecule has 57 heteroatoms. The minimum Gasteiger partial charge on any atom is -0.481 e. The molecule has 0 aromatic heterocycles. The number of primary amides is 6. The topological polar surface area (TPSA) is 997 Å². The number of carboxylic acids is 6. The third-order valence-corrected chi connectivity index (χ3v) is 20.3. The first kappa shape index (κ1) is 125. The molecule has 0 aromatic carbocycles. The van der Waals surface area contributed by atoms with E-state index in [-0.39, 0.29) is 64.5 Å². The molecular formula is C82H136N24O33. The highest BCUT2D eigenvalue weighted by Crippen LogP contribution is 2.17. The largest absolute Gasteiger partial charge is 0.481 e. The number of aliphatic carboxylic acids is 6. The maximum atomic E-state index is 14.6.